The summed E-state index contributed by atoms with van der Waals surface area (Å²) in [4.78, 5) is 14.7. The molecular weight excluding hydrogens is 208 g/mol. The first-order valence-electron chi connectivity index (χ1n) is 4.87. The summed E-state index contributed by atoms with van der Waals surface area (Å²) in [5.74, 6) is -0.597. The van der Waals surface area contributed by atoms with E-state index >= 15 is 0 Å². The van der Waals surface area contributed by atoms with Crippen molar-refractivity contribution in [3.63, 3.8) is 0 Å². The number of aryl methyl sites for hydroxylation is 1. The van der Waals surface area contributed by atoms with Crippen molar-refractivity contribution in [1.29, 1.82) is 0 Å². The van der Waals surface area contributed by atoms with E-state index in [4.69, 9.17) is 10.8 Å². The van der Waals surface area contributed by atoms with Crippen LogP contribution >= 0.6 is 0 Å². The third-order valence-electron chi connectivity index (χ3n) is 2.29. The van der Waals surface area contributed by atoms with Crippen LogP contribution in [0.3, 0.4) is 0 Å². The molecule has 0 radical (unpaired) electrons. The van der Waals surface area contributed by atoms with Gasteiger partial charge < -0.3 is 10.8 Å². The lowest BCUT2D eigenvalue weighted by Gasteiger charge is -2.01. The van der Waals surface area contributed by atoms with E-state index < -0.39 is 12.0 Å². The lowest BCUT2D eigenvalue weighted by Crippen LogP contribution is -2.16. The van der Waals surface area contributed by atoms with E-state index in [9.17, 15) is 4.79 Å². The molecule has 0 spiro atoms. The van der Waals surface area contributed by atoms with Crippen molar-refractivity contribution in [1.82, 2.24) is 14.6 Å². The zero-order valence-corrected chi connectivity index (χ0v) is 8.79. The van der Waals surface area contributed by atoms with Gasteiger partial charge in [-0.25, -0.2) is 9.50 Å². The average molecular weight is 220 g/mol. The summed E-state index contributed by atoms with van der Waals surface area (Å²) in [6.07, 6.45) is -0.171. The molecule has 2 aromatic heterocycles. The Hall–Kier alpha value is -1.95. The molecule has 6 heteroatoms. The molecule has 84 valence electrons. The Kier molecular flexibility index (Phi) is 2.57. The van der Waals surface area contributed by atoms with Crippen LogP contribution in [0.15, 0.2) is 18.2 Å². The molecule has 0 bridgehead atoms. The van der Waals surface area contributed by atoms with Crippen LogP contribution in [0.25, 0.3) is 5.65 Å². The monoisotopic (exact) mass is 220 g/mol. The maximum absolute atomic E-state index is 10.5. The number of carboxylic acids is 1. The van der Waals surface area contributed by atoms with E-state index in [1.165, 1.54) is 0 Å². The van der Waals surface area contributed by atoms with Crippen molar-refractivity contribution in [3.05, 3.63) is 29.7 Å². The summed E-state index contributed by atoms with van der Waals surface area (Å²) in [7, 11) is 0. The van der Waals surface area contributed by atoms with Gasteiger partial charge in [0.25, 0.3) is 0 Å². The molecule has 0 saturated heterocycles. The number of aliphatic carboxylic acids is 1. The van der Waals surface area contributed by atoms with Crippen LogP contribution in [-0.4, -0.2) is 25.7 Å². The fourth-order valence-electron chi connectivity index (χ4n) is 1.49. The number of aromatic nitrogens is 3. The summed E-state index contributed by atoms with van der Waals surface area (Å²) >= 11 is 0. The highest BCUT2D eigenvalue weighted by atomic mass is 16.4. The van der Waals surface area contributed by atoms with Gasteiger partial charge in [0.15, 0.2) is 11.5 Å². The second-order valence-electron chi connectivity index (χ2n) is 3.61. The molecule has 0 fully saturated rings. The van der Waals surface area contributed by atoms with Crippen LogP contribution < -0.4 is 5.73 Å². The van der Waals surface area contributed by atoms with E-state index in [-0.39, 0.29) is 6.42 Å². The molecule has 3 N–H and O–H groups in total. The van der Waals surface area contributed by atoms with Crippen molar-refractivity contribution in [2.75, 3.05) is 0 Å². The Bertz CT molecular complexity index is 535. The fraction of sp³-hybridized carbons (Fsp3) is 0.300. The first kappa shape index (κ1) is 10.6. The topological polar surface area (TPSA) is 93.5 Å². The molecule has 6 nitrogen and oxygen atoms in total. The predicted octanol–water partition coefficient (Wildman–Crippen LogP) is 0.512. The minimum atomic E-state index is -0.955. The normalized spacial score (nSPS) is 12.9. The van der Waals surface area contributed by atoms with Gasteiger partial charge in [-0.05, 0) is 19.1 Å². The highest BCUT2D eigenvalue weighted by molar-refractivity contribution is 5.67. The van der Waals surface area contributed by atoms with Gasteiger partial charge in [0.2, 0.25) is 0 Å². The van der Waals surface area contributed by atoms with Crippen LogP contribution in [0.1, 0.15) is 24.0 Å². The third-order valence-corrected chi connectivity index (χ3v) is 2.29. The molecule has 0 amide bonds. The molecular formula is C10H12N4O2. The second kappa shape index (κ2) is 3.90. The Morgan fingerprint density at radius 1 is 1.62 bits per heavy atom. The molecule has 0 aliphatic rings. The molecule has 2 heterocycles. The van der Waals surface area contributed by atoms with Crippen LogP contribution in [0, 0.1) is 6.92 Å². The minimum Gasteiger partial charge on any atom is -0.481 e. The van der Waals surface area contributed by atoms with Gasteiger partial charge in [0.1, 0.15) is 0 Å². The summed E-state index contributed by atoms with van der Waals surface area (Å²) < 4.78 is 1.65. The zero-order valence-electron chi connectivity index (χ0n) is 8.79. The lowest BCUT2D eigenvalue weighted by atomic mass is 10.2. The van der Waals surface area contributed by atoms with Gasteiger partial charge in [-0.1, -0.05) is 6.07 Å². The van der Waals surface area contributed by atoms with Gasteiger partial charge in [-0.15, -0.1) is 5.10 Å². The van der Waals surface area contributed by atoms with Crippen molar-refractivity contribution < 1.29 is 9.90 Å². The van der Waals surface area contributed by atoms with E-state index in [1.54, 1.807) is 10.6 Å². The zero-order chi connectivity index (χ0) is 11.7. The van der Waals surface area contributed by atoms with Crippen LogP contribution in [-0.2, 0) is 4.79 Å². The first-order valence-corrected chi connectivity index (χ1v) is 4.87. The van der Waals surface area contributed by atoms with Crippen LogP contribution in [0.5, 0.6) is 0 Å². The van der Waals surface area contributed by atoms with Crippen molar-refractivity contribution in [2.45, 2.75) is 19.4 Å². The first-order chi connectivity index (χ1) is 7.58. The SMILES string of the molecule is Cc1cccc2nc(C(N)CC(=O)O)nn12. The molecule has 1 atom stereocenters. The van der Waals surface area contributed by atoms with Gasteiger partial charge in [0, 0.05) is 5.69 Å². The molecule has 0 aliphatic heterocycles. The van der Waals surface area contributed by atoms with Crippen LogP contribution in [0.4, 0.5) is 0 Å². The largest absolute Gasteiger partial charge is 0.481 e. The standard InChI is InChI=1S/C10H12N4O2/c1-6-3-2-4-8-12-10(13-14(6)8)7(11)5-9(15)16/h2-4,7H,5,11H2,1H3,(H,15,16). The van der Waals surface area contributed by atoms with Crippen LogP contribution in [0.2, 0.25) is 0 Å². The summed E-state index contributed by atoms with van der Waals surface area (Å²) in [5.41, 5.74) is 7.30. The number of hydrogen-bond donors (Lipinski definition) is 2. The smallest absolute Gasteiger partial charge is 0.305 e. The second-order valence-corrected chi connectivity index (χ2v) is 3.61. The molecule has 16 heavy (non-hydrogen) atoms. The van der Waals surface area contributed by atoms with Crippen molar-refractivity contribution in [3.8, 4) is 0 Å². The summed E-state index contributed by atoms with van der Waals surface area (Å²) in [5, 5.41) is 12.8. The van der Waals surface area contributed by atoms with E-state index in [2.05, 4.69) is 10.1 Å². The number of nitrogens with zero attached hydrogens (tertiary/aromatic N) is 3. The highest BCUT2D eigenvalue weighted by Gasteiger charge is 2.16. The molecule has 2 aromatic rings. The van der Waals surface area contributed by atoms with Gasteiger partial charge >= 0.3 is 5.97 Å². The number of nitrogens with two attached hydrogens (primary N) is 1. The lowest BCUT2D eigenvalue weighted by molar-refractivity contribution is -0.137. The third kappa shape index (κ3) is 1.87. The Balaban J connectivity index is 2.39. The minimum absolute atomic E-state index is 0.171. The van der Waals surface area contributed by atoms with Gasteiger partial charge in [0.05, 0.1) is 12.5 Å². The number of carboxylic acid groups (broad SMARTS) is 1. The van der Waals surface area contributed by atoms with Crippen molar-refractivity contribution in [2.24, 2.45) is 5.73 Å². The van der Waals surface area contributed by atoms with E-state index in [1.807, 2.05) is 19.1 Å². The predicted molar refractivity (Wildman–Crippen MR) is 56.9 cm³/mol. The number of pyridine rings is 1. The molecule has 1 unspecified atom stereocenters. The molecule has 0 aromatic carbocycles. The Labute approximate surface area is 91.7 Å². The summed E-state index contributed by atoms with van der Waals surface area (Å²) in [6.45, 7) is 1.90. The number of carbonyl (C=O) groups is 1. The summed E-state index contributed by atoms with van der Waals surface area (Å²) in [6, 6.07) is 4.90. The molecule has 0 saturated carbocycles. The number of hydrogen-bond acceptors (Lipinski definition) is 4. The van der Waals surface area contributed by atoms with E-state index in [0.717, 1.165) is 5.69 Å². The molecule has 2 rings (SSSR count). The number of fused-ring (bicyclic) bond motifs is 1. The fourth-order valence-corrected chi connectivity index (χ4v) is 1.49. The van der Waals surface area contributed by atoms with Crippen molar-refractivity contribution >= 4 is 11.6 Å². The molecule has 0 aliphatic carbocycles. The quantitative estimate of drug-likeness (QED) is 0.786. The van der Waals surface area contributed by atoms with E-state index in [0.29, 0.717) is 11.5 Å². The maximum Gasteiger partial charge on any atom is 0.305 e. The average Bonchev–Trinajstić information content (AvgIpc) is 2.61. The highest BCUT2D eigenvalue weighted by Crippen LogP contribution is 2.12. The van der Waals surface area contributed by atoms with Gasteiger partial charge in [-0.3, -0.25) is 4.79 Å². The van der Waals surface area contributed by atoms with Gasteiger partial charge in [-0.2, -0.15) is 0 Å². The maximum atomic E-state index is 10.5. The number of rotatable bonds is 3. The Morgan fingerprint density at radius 2 is 2.38 bits per heavy atom. The Morgan fingerprint density at radius 3 is 3.00 bits per heavy atom.